The van der Waals surface area contributed by atoms with E-state index < -0.39 is 0 Å². The van der Waals surface area contributed by atoms with Crippen molar-refractivity contribution in [2.45, 2.75) is 19.8 Å². The molecule has 0 saturated carbocycles. The molecule has 0 spiro atoms. The van der Waals surface area contributed by atoms with Gasteiger partial charge in [0.05, 0.1) is 32.0 Å². The Morgan fingerprint density at radius 2 is 1.77 bits per heavy atom. The zero-order valence-electron chi connectivity index (χ0n) is 18.0. The van der Waals surface area contributed by atoms with Crippen molar-refractivity contribution in [3.05, 3.63) is 64.2 Å². The highest BCUT2D eigenvalue weighted by Crippen LogP contribution is 2.37. The third-order valence-electron chi connectivity index (χ3n) is 5.37. The summed E-state index contributed by atoms with van der Waals surface area (Å²) in [5, 5.41) is 21.9. The van der Waals surface area contributed by atoms with E-state index in [0.717, 1.165) is 16.9 Å². The van der Waals surface area contributed by atoms with E-state index in [-0.39, 0.29) is 18.1 Å². The van der Waals surface area contributed by atoms with Crippen LogP contribution in [0.2, 0.25) is 0 Å². The molecule has 2 aromatic carbocycles. The van der Waals surface area contributed by atoms with Crippen molar-refractivity contribution in [2.75, 3.05) is 25.7 Å². The van der Waals surface area contributed by atoms with Crippen molar-refractivity contribution in [1.82, 2.24) is 4.98 Å². The van der Waals surface area contributed by atoms with Crippen LogP contribution in [0, 0.1) is 5.41 Å². The van der Waals surface area contributed by atoms with Crippen LogP contribution in [-0.2, 0) is 0 Å². The fourth-order valence-corrected chi connectivity index (χ4v) is 4.48. The van der Waals surface area contributed by atoms with Gasteiger partial charge in [-0.15, -0.1) is 11.3 Å². The highest BCUT2D eigenvalue weighted by Gasteiger charge is 2.31. The second-order valence-corrected chi connectivity index (χ2v) is 8.47. The van der Waals surface area contributed by atoms with Crippen LogP contribution in [0.5, 0.6) is 11.5 Å². The largest absolute Gasteiger partial charge is 0.510 e. The van der Waals surface area contributed by atoms with Crippen molar-refractivity contribution >= 4 is 28.4 Å². The standard InChI is InChI=1S/C24H25N3O3S/c1-14(2)15-5-8-17(9-6-15)27-12-19(28)22(23(27)25)24-26-18(13-31-24)16-7-10-20(29-3)21(11-16)30-4/h5-11,13-14,25,28H,12H2,1-4H3. The zero-order valence-corrected chi connectivity index (χ0v) is 18.8. The molecule has 31 heavy (non-hydrogen) atoms. The number of ether oxygens (including phenoxy) is 2. The molecule has 160 valence electrons. The van der Waals surface area contributed by atoms with E-state index in [1.54, 1.807) is 19.1 Å². The number of aliphatic hydroxyl groups is 1. The van der Waals surface area contributed by atoms with Crippen LogP contribution >= 0.6 is 11.3 Å². The van der Waals surface area contributed by atoms with E-state index in [4.69, 9.17) is 19.9 Å². The molecule has 0 atom stereocenters. The fourth-order valence-electron chi connectivity index (χ4n) is 3.58. The molecule has 7 heteroatoms. The Morgan fingerprint density at radius 1 is 1.06 bits per heavy atom. The fraction of sp³-hybridized carbons (Fsp3) is 0.250. The van der Waals surface area contributed by atoms with Crippen LogP contribution in [0.3, 0.4) is 0 Å². The van der Waals surface area contributed by atoms with Gasteiger partial charge in [0.2, 0.25) is 0 Å². The highest BCUT2D eigenvalue weighted by atomic mass is 32.1. The molecule has 1 aliphatic heterocycles. The van der Waals surface area contributed by atoms with Crippen molar-refractivity contribution in [3.63, 3.8) is 0 Å². The number of hydrogen-bond acceptors (Lipinski definition) is 6. The van der Waals surface area contributed by atoms with Gasteiger partial charge in [0, 0.05) is 16.6 Å². The van der Waals surface area contributed by atoms with Crippen LogP contribution in [0.15, 0.2) is 53.6 Å². The predicted molar refractivity (Wildman–Crippen MR) is 126 cm³/mol. The summed E-state index contributed by atoms with van der Waals surface area (Å²) in [5.41, 5.74) is 4.24. The van der Waals surface area contributed by atoms with Gasteiger partial charge in [0.1, 0.15) is 16.6 Å². The van der Waals surface area contributed by atoms with Gasteiger partial charge in [0.25, 0.3) is 0 Å². The third kappa shape index (κ3) is 3.88. The lowest BCUT2D eigenvalue weighted by molar-refractivity contribution is 0.355. The molecule has 0 unspecified atom stereocenters. The number of nitrogens with one attached hydrogen (secondary N) is 1. The molecule has 0 radical (unpaired) electrons. The van der Waals surface area contributed by atoms with Crippen molar-refractivity contribution in [3.8, 4) is 22.8 Å². The average molecular weight is 436 g/mol. The van der Waals surface area contributed by atoms with Crippen LogP contribution in [0.4, 0.5) is 5.69 Å². The lowest BCUT2D eigenvalue weighted by atomic mass is 10.0. The summed E-state index contributed by atoms with van der Waals surface area (Å²) in [6, 6.07) is 13.8. The maximum absolute atomic E-state index is 10.6. The molecule has 0 amide bonds. The molecule has 0 bridgehead atoms. The Labute approximate surface area is 185 Å². The summed E-state index contributed by atoms with van der Waals surface area (Å²) < 4.78 is 10.7. The van der Waals surface area contributed by atoms with Crippen molar-refractivity contribution < 1.29 is 14.6 Å². The lowest BCUT2D eigenvalue weighted by Gasteiger charge is -2.19. The summed E-state index contributed by atoms with van der Waals surface area (Å²) in [6.45, 7) is 4.56. The third-order valence-corrected chi connectivity index (χ3v) is 6.23. The SMILES string of the molecule is COc1ccc(-c2csc(C3=C(O)CN(c4ccc(C(C)C)cc4)C3=N)n2)cc1OC. The summed E-state index contributed by atoms with van der Waals surface area (Å²) in [6.07, 6.45) is 0. The van der Waals surface area contributed by atoms with Crippen LogP contribution < -0.4 is 14.4 Å². The Hall–Kier alpha value is -3.32. The number of amidine groups is 1. The number of hydrogen-bond donors (Lipinski definition) is 2. The minimum absolute atomic E-state index is 0.158. The van der Waals surface area contributed by atoms with Gasteiger partial charge in [-0.25, -0.2) is 4.98 Å². The van der Waals surface area contributed by atoms with Gasteiger partial charge < -0.3 is 19.5 Å². The molecule has 0 fully saturated rings. The van der Waals surface area contributed by atoms with Gasteiger partial charge in [-0.3, -0.25) is 5.41 Å². The highest BCUT2D eigenvalue weighted by molar-refractivity contribution is 7.11. The molecular weight excluding hydrogens is 410 g/mol. The summed E-state index contributed by atoms with van der Waals surface area (Å²) >= 11 is 1.41. The first kappa shape index (κ1) is 20.9. The maximum Gasteiger partial charge on any atom is 0.161 e. The number of thiazole rings is 1. The number of aliphatic hydroxyl groups excluding tert-OH is 1. The molecule has 3 aromatic rings. The monoisotopic (exact) mass is 435 g/mol. The number of rotatable bonds is 6. The molecule has 0 aliphatic carbocycles. The minimum Gasteiger partial charge on any atom is -0.510 e. The van der Waals surface area contributed by atoms with E-state index in [2.05, 4.69) is 26.0 Å². The maximum atomic E-state index is 10.6. The number of nitrogens with zero attached hydrogens (tertiary/aromatic N) is 2. The molecule has 0 saturated heterocycles. The lowest BCUT2D eigenvalue weighted by Crippen LogP contribution is -2.26. The number of anilines is 1. The second-order valence-electron chi connectivity index (χ2n) is 7.61. The van der Waals surface area contributed by atoms with Gasteiger partial charge in [-0.1, -0.05) is 26.0 Å². The Kier molecular flexibility index (Phi) is 5.69. The molecule has 4 rings (SSSR count). The van der Waals surface area contributed by atoms with Crippen molar-refractivity contribution in [1.29, 1.82) is 5.41 Å². The van der Waals surface area contributed by atoms with Crippen LogP contribution in [0.25, 0.3) is 16.8 Å². The molecular formula is C24H25N3O3S. The summed E-state index contributed by atoms with van der Waals surface area (Å²) in [7, 11) is 3.20. The first-order valence-electron chi connectivity index (χ1n) is 9.99. The summed E-state index contributed by atoms with van der Waals surface area (Å²) in [4.78, 5) is 6.49. The number of benzene rings is 2. The first-order chi connectivity index (χ1) is 14.9. The smallest absolute Gasteiger partial charge is 0.161 e. The van der Waals surface area contributed by atoms with Crippen molar-refractivity contribution in [2.24, 2.45) is 0 Å². The number of methoxy groups -OCH3 is 2. The quantitative estimate of drug-likeness (QED) is 0.518. The van der Waals surface area contributed by atoms with E-state index in [9.17, 15) is 5.11 Å². The zero-order chi connectivity index (χ0) is 22.1. The molecule has 2 N–H and O–H groups in total. The molecule has 6 nitrogen and oxygen atoms in total. The van der Waals surface area contributed by atoms with E-state index in [1.165, 1.54) is 16.9 Å². The molecule has 1 aliphatic rings. The topological polar surface area (TPSA) is 78.7 Å². The van der Waals surface area contributed by atoms with Gasteiger partial charge in [0.15, 0.2) is 11.5 Å². The number of aromatic nitrogens is 1. The predicted octanol–water partition coefficient (Wildman–Crippen LogP) is 5.72. The minimum atomic E-state index is 0.158. The Morgan fingerprint density at radius 3 is 2.42 bits per heavy atom. The van der Waals surface area contributed by atoms with Crippen LogP contribution in [-0.4, -0.2) is 36.7 Å². The van der Waals surface area contributed by atoms with Crippen LogP contribution in [0.1, 0.15) is 30.3 Å². The Balaban J connectivity index is 1.60. The van der Waals surface area contributed by atoms with E-state index in [0.29, 0.717) is 28.0 Å². The average Bonchev–Trinajstić information content (AvgIpc) is 3.37. The van der Waals surface area contributed by atoms with Gasteiger partial charge in [-0.2, -0.15) is 0 Å². The second kappa shape index (κ2) is 8.43. The van der Waals surface area contributed by atoms with E-state index in [1.807, 2.05) is 35.7 Å². The Bertz CT molecular complexity index is 1150. The first-order valence-corrected chi connectivity index (χ1v) is 10.9. The van der Waals surface area contributed by atoms with Gasteiger partial charge in [-0.05, 0) is 41.8 Å². The summed E-state index contributed by atoms with van der Waals surface area (Å²) in [5.74, 6) is 2.13. The molecule has 2 heterocycles. The normalized spacial score (nSPS) is 14.0. The van der Waals surface area contributed by atoms with E-state index >= 15 is 0 Å². The van der Waals surface area contributed by atoms with Gasteiger partial charge >= 0.3 is 0 Å². The molecule has 1 aromatic heterocycles.